The van der Waals surface area contributed by atoms with Crippen molar-refractivity contribution < 1.29 is 19.1 Å². The molecule has 0 amide bonds. The first-order chi connectivity index (χ1) is 24.6. The highest BCUT2D eigenvalue weighted by atomic mass is 32.1. The first kappa shape index (κ1) is 40.4. The highest BCUT2D eigenvalue weighted by Crippen LogP contribution is 2.41. The van der Waals surface area contributed by atoms with E-state index in [1.165, 1.54) is 125 Å². The second-order valence-electron chi connectivity index (χ2n) is 13.0. The number of thiophene rings is 2. The molecule has 0 radical (unpaired) electrons. The number of thiazole rings is 2. The molecule has 0 atom stereocenters. The average molecular weight is 757 g/mol. The van der Waals surface area contributed by atoms with Gasteiger partial charge in [-0.15, -0.1) is 45.3 Å². The summed E-state index contributed by atoms with van der Waals surface area (Å²) in [5, 5.41) is 5.23. The van der Waals surface area contributed by atoms with E-state index >= 15 is 0 Å². The van der Waals surface area contributed by atoms with E-state index in [9.17, 15) is 9.59 Å². The molecule has 4 aromatic rings. The van der Waals surface area contributed by atoms with E-state index in [1.54, 1.807) is 33.4 Å². The number of aromatic nitrogens is 2. The molecule has 10 heteroatoms. The van der Waals surface area contributed by atoms with Crippen molar-refractivity contribution in [3.8, 4) is 29.5 Å². The molecule has 0 bridgehead atoms. The standard InChI is InChI=1S/C40H56N2O4S4/c1-3-5-7-9-11-13-15-17-19-21-27-45-39(43)31-29-47-37(41-31)35-25-23-33(49-35)34-24-26-36(50-34)38-42-32(30-48-38)40(44)46-28-22-20-18-16-14-12-10-8-6-4-2/h23-26,29-30H,3-22,27-28H2,1-2H3. The number of ether oxygens (including phenoxy) is 2. The number of hydrogen-bond acceptors (Lipinski definition) is 10. The summed E-state index contributed by atoms with van der Waals surface area (Å²) in [6, 6.07) is 8.31. The van der Waals surface area contributed by atoms with Crippen molar-refractivity contribution in [3.63, 3.8) is 0 Å². The Kier molecular flexibility index (Phi) is 19.3. The van der Waals surface area contributed by atoms with Crippen LogP contribution in [0.2, 0.25) is 0 Å². The van der Waals surface area contributed by atoms with Gasteiger partial charge in [0.1, 0.15) is 10.0 Å². The molecule has 0 aliphatic rings. The minimum absolute atomic E-state index is 0.339. The van der Waals surface area contributed by atoms with Gasteiger partial charge in [0.2, 0.25) is 0 Å². The maximum absolute atomic E-state index is 12.6. The Morgan fingerprint density at radius 2 is 0.800 bits per heavy atom. The van der Waals surface area contributed by atoms with Crippen LogP contribution in [0.5, 0.6) is 0 Å². The predicted octanol–water partition coefficient (Wildman–Crippen LogP) is 13.9. The summed E-state index contributed by atoms with van der Waals surface area (Å²) in [7, 11) is 0. The third-order valence-corrected chi connectivity index (χ3v) is 13.2. The second-order valence-corrected chi connectivity index (χ2v) is 16.9. The third-order valence-electron chi connectivity index (χ3n) is 8.77. The molecule has 274 valence electrons. The molecule has 4 heterocycles. The van der Waals surface area contributed by atoms with Crippen molar-refractivity contribution in [2.45, 2.75) is 142 Å². The van der Waals surface area contributed by atoms with Crippen LogP contribution < -0.4 is 0 Å². The van der Waals surface area contributed by atoms with Crippen LogP contribution in [0.25, 0.3) is 29.5 Å². The van der Waals surface area contributed by atoms with Gasteiger partial charge in [-0.3, -0.25) is 0 Å². The SMILES string of the molecule is CCCCCCCCCCCCOC(=O)c1csc(-c2ccc(-c3ccc(-c4nc(C(=O)OCCCCCCCCCCCC)cs4)s3)s2)n1. The van der Waals surface area contributed by atoms with Crippen LogP contribution in [0, 0.1) is 0 Å². The van der Waals surface area contributed by atoms with E-state index in [2.05, 4.69) is 48.1 Å². The van der Waals surface area contributed by atoms with Gasteiger partial charge in [-0.05, 0) is 37.1 Å². The predicted molar refractivity (Wildman–Crippen MR) is 214 cm³/mol. The van der Waals surface area contributed by atoms with Crippen LogP contribution in [0.3, 0.4) is 0 Å². The minimum atomic E-state index is -0.339. The zero-order valence-electron chi connectivity index (χ0n) is 30.2. The monoisotopic (exact) mass is 756 g/mol. The van der Waals surface area contributed by atoms with Crippen LogP contribution in [0.15, 0.2) is 35.0 Å². The summed E-state index contributed by atoms with van der Waals surface area (Å²) in [6.45, 7) is 5.41. The van der Waals surface area contributed by atoms with Crippen molar-refractivity contribution in [2.24, 2.45) is 0 Å². The highest BCUT2D eigenvalue weighted by Gasteiger charge is 2.17. The van der Waals surface area contributed by atoms with Crippen LogP contribution in [-0.2, 0) is 9.47 Å². The fourth-order valence-electron chi connectivity index (χ4n) is 5.79. The Labute approximate surface area is 316 Å². The number of unbranched alkanes of at least 4 members (excludes halogenated alkanes) is 18. The fourth-order valence-corrected chi connectivity index (χ4v) is 9.61. The van der Waals surface area contributed by atoms with Crippen LogP contribution >= 0.6 is 45.3 Å². The highest BCUT2D eigenvalue weighted by molar-refractivity contribution is 7.28. The van der Waals surface area contributed by atoms with Gasteiger partial charge in [0, 0.05) is 20.5 Å². The Morgan fingerprint density at radius 3 is 1.16 bits per heavy atom. The Bertz CT molecular complexity index is 1410. The lowest BCUT2D eigenvalue weighted by molar-refractivity contribution is 0.0482. The maximum Gasteiger partial charge on any atom is 0.357 e. The van der Waals surface area contributed by atoms with E-state index in [0.29, 0.717) is 24.6 Å². The van der Waals surface area contributed by atoms with E-state index < -0.39 is 0 Å². The molecule has 0 aromatic carbocycles. The second kappa shape index (κ2) is 24.0. The normalized spacial score (nSPS) is 11.3. The molecular weight excluding hydrogens is 701 g/mol. The Balaban J connectivity index is 1.14. The van der Waals surface area contributed by atoms with Crippen molar-refractivity contribution in [2.75, 3.05) is 13.2 Å². The summed E-state index contributed by atoms with van der Waals surface area (Å²) in [5.74, 6) is -0.679. The van der Waals surface area contributed by atoms with Gasteiger partial charge in [-0.1, -0.05) is 129 Å². The average Bonchev–Trinajstić information content (AvgIpc) is 3.95. The van der Waals surface area contributed by atoms with E-state index in [0.717, 1.165) is 55.2 Å². The Morgan fingerprint density at radius 1 is 0.480 bits per heavy atom. The lowest BCUT2D eigenvalue weighted by atomic mass is 10.1. The number of carbonyl (C=O) groups is 2. The molecule has 0 aliphatic carbocycles. The molecule has 0 saturated heterocycles. The van der Waals surface area contributed by atoms with Gasteiger partial charge in [0.05, 0.1) is 23.0 Å². The third kappa shape index (κ3) is 14.3. The number of rotatable bonds is 27. The first-order valence-corrected chi connectivity index (χ1v) is 22.4. The lowest BCUT2D eigenvalue weighted by Gasteiger charge is -2.04. The van der Waals surface area contributed by atoms with Gasteiger partial charge < -0.3 is 9.47 Å². The molecule has 0 unspecified atom stereocenters. The van der Waals surface area contributed by atoms with Crippen LogP contribution in [0.4, 0.5) is 0 Å². The number of esters is 2. The van der Waals surface area contributed by atoms with Gasteiger partial charge in [-0.2, -0.15) is 0 Å². The number of hydrogen-bond donors (Lipinski definition) is 0. The molecule has 6 nitrogen and oxygen atoms in total. The largest absolute Gasteiger partial charge is 0.461 e. The van der Waals surface area contributed by atoms with Crippen molar-refractivity contribution in [1.82, 2.24) is 9.97 Å². The minimum Gasteiger partial charge on any atom is -0.461 e. The summed E-state index contributed by atoms with van der Waals surface area (Å²) in [5.41, 5.74) is 0.763. The fraction of sp³-hybridized carbons (Fsp3) is 0.600. The molecule has 4 rings (SSSR count). The van der Waals surface area contributed by atoms with Crippen molar-refractivity contribution in [3.05, 3.63) is 46.4 Å². The van der Waals surface area contributed by atoms with Gasteiger partial charge in [0.15, 0.2) is 11.4 Å². The van der Waals surface area contributed by atoms with Crippen LogP contribution in [-0.4, -0.2) is 35.1 Å². The topological polar surface area (TPSA) is 78.4 Å². The molecule has 0 aliphatic heterocycles. The summed E-state index contributed by atoms with van der Waals surface area (Å²) in [6.07, 6.45) is 25.0. The van der Waals surface area contributed by atoms with Gasteiger partial charge in [-0.25, -0.2) is 19.6 Å². The molecule has 4 aromatic heterocycles. The maximum atomic E-state index is 12.6. The van der Waals surface area contributed by atoms with E-state index in [-0.39, 0.29) is 11.9 Å². The number of carbonyl (C=O) groups excluding carboxylic acids is 2. The van der Waals surface area contributed by atoms with Gasteiger partial charge in [0.25, 0.3) is 0 Å². The van der Waals surface area contributed by atoms with E-state index in [4.69, 9.17) is 9.47 Å². The number of nitrogens with zero attached hydrogens (tertiary/aromatic N) is 2. The smallest absolute Gasteiger partial charge is 0.357 e. The zero-order valence-corrected chi connectivity index (χ0v) is 33.4. The molecule has 0 spiro atoms. The molecule has 0 N–H and O–H groups in total. The molecule has 0 saturated carbocycles. The lowest BCUT2D eigenvalue weighted by Crippen LogP contribution is -2.06. The molecular formula is C40H56N2O4S4. The Hall–Kier alpha value is -2.40. The summed E-state index contributed by atoms with van der Waals surface area (Å²) < 4.78 is 11.0. The first-order valence-electron chi connectivity index (χ1n) is 19.0. The molecule has 50 heavy (non-hydrogen) atoms. The summed E-state index contributed by atoms with van der Waals surface area (Å²) in [4.78, 5) is 38.7. The van der Waals surface area contributed by atoms with Crippen molar-refractivity contribution in [1.29, 1.82) is 0 Å². The van der Waals surface area contributed by atoms with E-state index in [1.807, 2.05) is 0 Å². The quantitative estimate of drug-likeness (QED) is 0.0445. The van der Waals surface area contributed by atoms with Crippen molar-refractivity contribution >= 4 is 57.3 Å². The van der Waals surface area contributed by atoms with Gasteiger partial charge >= 0.3 is 11.9 Å². The molecule has 0 fully saturated rings. The zero-order chi connectivity index (χ0) is 35.2. The summed E-state index contributed by atoms with van der Waals surface area (Å²) >= 11 is 6.25. The van der Waals surface area contributed by atoms with Crippen LogP contribution in [0.1, 0.15) is 163 Å².